The number of fused-ring (bicyclic) bond motifs is 1. The molecule has 1 aliphatic carbocycles. The van der Waals surface area contributed by atoms with Gasteiger partial charge in [0.1, 0.15) is 5.15 Å². The van der Waals surface area contributed by atoms with E-state index in [1.165, 1.54) is 11.1 Å². The van der Waals surface area contributed by atoms with Gasteiger partial charge in [0.05, 0.1) is 7.11 Å². The number of pyridine rings is 1. The smallest absolute Gasteiger partial charge is 0.220 e. The van der Waals surface area contributed by atoms with Crippen LogP contribution >= 0.6 is 11.6 Å². The van der Waals surface area contributed by atoms with Crippen LogP contribution in [0.1, 0.15) is 30.0 Å². The van der Waals surface area contributed by atoms with E-state index in [1.807, 2.05) is 6.07 Å². The summed E-state index contributed by atoms with van der Waals surface area (Å²) >= 11 is 6.05. The molecule has 1 unspecified atom stereocenters. The number of aromatic nitrogens is 1. The maximum atomic E-state index is 11.4. The monoisotopic (exact) mass is 307 g/mol. The first-order valence-corrected chi connectivity index (χ1v) is 7.72. The van der Waals surface area contributed by atoms with Crippen molar-refractivity contribution in [2.24, 2.45) is 5.41 Å². The predicted octanol–water partition coefficient (Wildman–Crippen LogP) is 1.55. The zero-order valence-corrected chi connectivity index (χ0v) is 12.7. The molecule has 6 heteroatoms. The minimum atomic E-state index is 0.160. The van der Waals surface area contributed by atoms with Crippen LogP contribution in [0, 0.1) is 5.41 Å². The maximum absolute atomic E-state index is 11.4. The van der Waals surface area contributed by atoms with Crippen LogP contribution < -0.4 is 10.1 Å². The molecule has 3 heterocycles. The van der Waals surface area contributed by atoms with Gasteiger partial charge in [0.25, 0.3) is 0 Å². The van der Waals surface area contributed by atoms with Crippen LogP contribution in [-0.2, 0) is 11.2 Å². The second-order valence-corrected chi connectivity index (χ2v) is 6.83. The zero-order chi connectivity index (χ0) is 14.6. The third-order valence-electron chi connectivity index (χ3n) is 5.01. The van der Waals surface area contributed by atoms with Crippen LogP contribution in [0.25, 0.3) is 0 Å². The third-order valence-corrected chi connectivity index (χ3v) is 5.20. The first kappa shape index (κ1) is 13.3. The minimum Gasteiger partial charge on any atom is -0.481 e. The Labute approximate surface area is 128 Å². The molecule has 0 bridgehead atoms. The Morgan fingerprint density at radius 2 is 2.33 bits per heavy atom. The summed E-state index contributed by atoms with van der Waals surface area (Å²) < 4.78 is 5.43. The number of carbonyl (C=O) groups excluding carboxylic acids is 1. The molecule has 2 saturated heterocycles. The van der Waals surface area contributed by atoms with E-state index in [0.717, 1.165) is 32.5 Å². The summed E-state index contributed by atoms with van der Waals surface area (Å²) in [7, 11) is 1.64. The van der Waals surface area contributed by atoms with Gasteiger partial charge in [-0.1, -0.05) is 11.6 Å². The minimum absolute atomic E-state index is 0.160. The average Bonchev–Trinajstić information content (AvgIpc) is 2.99. The fourth-order valence-electron chi connectivity index (χ4n) is 4.08. The lowest BCUT2D eigenvalue weighted by Crippen LogP contribution is -2.58. The van der Waals surface area contributed by atoms with Gasteiger partial charge in [-0.05, 0) is 24.5 Å². The first-order valence-electron chi connectivity index (χ1n) is 7.34. The molecule has 2 fully saturated rings. The number of hydrogen-bond donors (Lipinski definition) is 1. The maximum Gasteiger partial charge on any atom is 0.220 e. The van der Waals surface area contributed by atoms with E-state index in [1.54, 1.807) is 7.11 Å². The molecule has 4 rings (SSSR count). The van der Waals surface area contributed by atoms with Gasteiger partial charge in [-0.15, -0.1) is 0 Å². The van der Waals surface area contributed by atoms with Crippen LogP contribution in [0.5, 0.6) is 5.88 Å². The molecule has 1 atom stereocenters. The van der Waals surface area contributed by atoms with E-state index in [4.69, 9.17) is 16.3 Å². The van der Waals surface area contributed by atoms with Crippen LogP contribution in [-0.4, -0.2) is 42.5 Å². The fourth-order valence-corrected chi connectivity index (χ4v) is 4.29. The molecule has 1 spiro atoms. The van der Waals surface area contributed by atoms with E-state index in [9.17, 15) is 4.79 Å². The number of halogens is 1. The van der Waals surface area contributed by atoms with E-state index < -0.39 is 0 Å². The summed E-state index contributed by atoms with van der Waals surface area (Å²) in [6.07, 6.45) is 2.75. The zero-order valence-electron chi connectivity index (χ0n) is 12.0. The van der Waals surface area contributed by atoms with Crippen molar-refractivity contribution in [2.45, 2.75) is 25.3 Å². The molecule has 1 N–H and O–H groups in total. The third kappa shape index (κ3) is 2.02. The van der Waals surface area contributed by atoms with Crippen LogP contribution in [0.2, 0.25) is 5.15 Å². The summed E-state index contributed by atoms with van der Waals surface area (Å²) in [6.45, 7) is 2.77. The number of hydrogen-bond acceptors (Lipinski definition) is 4. The lowest BCUT2D eigenvalue weighted by atomic mass is 9.77. The SMILES string of the molecule is COc1nc(Cl)cc2c1C(N1CC3(CNC(=O)C3)C1)CC2. The number of ether oxygens (including phenoxy) is 1. The number of likely N-dealkylation sites (tertiary alicyclic amines) is 1. The molecule has 1 aromatic heterocycles. The summed E-state index contributed by atoms with van der Waals surface area (Å²) in [6, 6.07) is 2.30. The molecule has 5 nitrogen and oxygen atoms in total. The molecular formula is C15H18ClN3O2. The lowest BCUT2D eigenvalue weighted by Gasteiger charge is -2.50. The summed E-state index contributed by atoms with van der Waals surface area (Å²) in [4.78, 5) is 18.2. The van der Waals surface area contributed by atoms with Gasteiger partial charge < -0.3 is 10.1 Å². The quantitative estimate of drug-likeness (QED) is 0.842. The standard InChI is InChI=1S/C15H18ClN3O2/c1-21-14-13-9(4-11(16)18-14)2-3-10(13)19-7-15(8-19)5-12(20)17-6-15/h4,10H,2-3,5-8H2,1H3,(H,17,20). The van der Waals surface area contributed by atoms with Crippen LogP contribution in [0.3, 0.4) is 0 Å². The summed E-state index contributed by atoms with van der Waals surface area (Å²) in [5, 5.41) is 3.45. The van der Waals surface area contributed by atoms with E-state index >= 15 is 0 Å². The van der Waals surface area contributed by atoms with Crippen molar-refractivity contribution in [1.82, 2.24) is 15.2 Å². The number of amides is 1. The molecule has 2 aliphatic heterocycles. The van der Waals surface area contributed by atoms with Crippen molar-refractivity contribution in [1.29, 1.82) is 0 Å². The van der Waals surface area contributed by atoms with E-state index in [-0.39, 0.29) is 11.3 Å². The number of rotatable bonds is 2. The largest absolute Gasteiger partial charge is 0.481 e. The van der Waals surface area contributed by atoms with Gasteiger partial charge in [-0.25, -0.2) is 4.98 Å². The highest BCUT2D eigenvalue weighted by Gasteiger charge is 2.51. The number of nitrogens with one attached hydrogen (secondary N) is 1. The normalized spacial score (nSPS) is 26.6. The fraction of sp³-hybridized carbons (Fsp3) is 0.600. The lowest BCUT2D eigenvalue weighted by molar-refractivity contribution is -0.121. The summed E-state index contributed by atoms with van der Waals surface area (Å²) in [5.74, 6) is 0.842. The van der Waals surface area contributed by atoms with Gasteiger partial charge >= 0.3 is 0 Å². The molecule has 0 radical (unpaired) electrons. The number of aryl methyl sites for hydroxylation is 1. The molecule has 1 amide bonds. The van der Waals surface area contributed by atoms with Gasteiger partial charge in [0.15, 0.2) is 0 Å². The highest BCUT2D eigenvalue weighted by atomic mass is 35.5. The average molecular weight is 308 g/mol. The highest BCUT2D eigenvalue weighted by Crippen LogP contribution is 2.48. The Bertz CT molecular complexity index is 613. The first-order chi connectivity index (χ1) is 10.1. The van der Waals surface area contributed by atoms with Crippen molar-refractivity contribution in [3.05, 3.63) is 22.3 Å². The Kier molecular flexibility index (Phi) is 2.91. The second kappa shape index (κ2) is 4.58. The van der Waals surface area contributed by atoms with E-state index in [0.29, 0.717) is 23.5 Å². The second-order valence-electron chi connectivity index (χ2n) is 6.44. The van der Waals surface area contributed by atoms with Crippen molar-refractivity contribution in [3.8, 4) is 5.88 Å². The number of carbonyl (C=O) groups is 1. The molecule has 3 aliphatic rings. The van der Waals surface area contributed by atoms with Crippen LogP contribution in [0.4, 0.5) is 0 Å². The molecule has 0 aromatic carbocycles. The Morgan fingerprint density at radius 3 is 3.00 bits per heavy atom. The van der Waals surface area contributed by atoms with Crippen molar-refractivity contribution < 1.29 is 9.53 Å². The van der Waals surface area contributed by atoms with Crippen molar-refractivity contribution in [2.75, 3.05) is 26.7 Å². The Hall–Kier alpha value is -1.33. The summed E-state index contributed by atoms with van der Waals surface area (Å²) in [5.41, 5.74) is 2.60. The Morgan fingerprint density at radius 1 is 1.52 bits per heavy atom. The van der Waals surface area contributed by atoms with Crippen molar-refractivity contribution >= 4 is 17.5 Å². The van der Waals surface area contributed by atoms with Gasteiger partial charge in [-0.3, -0.25) is 9.69 Å². The van der Waals surface area contributed by atoms with Gasteiger partial charge in [0.2, 0.25) is 11.8 Å². The number of nitrogens with zero attached hydrogens (tertiary/aromatic N) is 2. The molecular weight excluding hydrogens is 290 g/mol. The van der Waals surface area contributed by atoms with Crippen molar-refractivity contribution in [3.63, 3.8) is 0 Å². The molecule has 1 aromatic rings. The van der Waals surface area contributed by atoms with Crippen LogP contribution in [0.15, 0.2) is 6.07 Å². The molecule has 21 heavy (non-hydrogen) atoms. The van der Waals surface area contributed by atoms with Gasteiger partial charge in [-0.2, -0.15) is 0 Å². The topological polar surface area (TPSA) is 54.5 Å². The molecule has 112 valence electrons. The Balaban J connectivity index is 1.57. The highest BCUT2D eigenvalue weighted by molar-refractivity contribution is 6.29. The predicted molar refractivity (Wildman–Crippen MR) is 78.5 cm³/mol. The van der Waals surface area contributed by atoms with Gasteiger partial charge in [0, 0.05) is 43.1 Å². The molecule has 0 saturated carbocycles. The number of methoxy groups -OCH3 is 1. The van der Waals surface area contributed by atoms with E-state index in [2.05, 4.69) is 15.2 Å².